The van der Waals surface area contributed by atoms with Crippen LogP contribution >= 0.6 is 27.5 Å². The molecular weight excluding hydrogens is 374 g/mol. The minimum absolute atomic E-state index is 0.329. The molecule has 0 aliphatic carbocycles. The SMILES string of the molecule is Nc1cccc(Cl)c1S(=O)Cc1cc(Br)cc2c1OCC2. The molecule has 1 aliphatic heterocycles. The van der Waals surface area contributed by atoms with Gasteiger partial charge in [-0.15, -0.1) is 0 Å². The molecule has 1 unspecified atom stereocenters. The number of nitrogen functional groups attached to an aromatic ring is 1. The zero-order valence-electron chi connectivity index (χ0n) is 11.1. The molecule has 0 fully saturated rings. The van der Waals surface area contributed by atoms with Gasteiger partial charge in [0, 0.05) is 22.1 Å². The summed E-state index contributed by atoms with van der Waals surface area (Å²) < 4.78 is 19.3. The van der Waals surface area contributed by atoms with E-state index in [4.69, 9.17) is 22.1 Å². The molecule has 3 rings (SSSR count). The summed E-state index contributed by atoms with van der Waals surface area (Å²) in [4.78, 5) is 0.492. The number of rotatable bonds is 3. The van der Waals surface area contributed by atoms with Gasteiger partial charge in [0.1, 0.15) is 5.75 Å². The second-order valence-electron chi connectivity index (χ2n) is 4.80. The second-order valence-corrected chi connectivity index (χ2v) is 7.51. The van der Waals surface area contributed by atoms with Gasteiger partial charge >= 0.3 is 0 Å². The predicted molar refractivity (Wildman–Crippen MR) is 89.3 cm³/mol. The third kappa shape index (κ3) is 2.96. The van der Waals surface area contributed by atoms with Crippen molar-refractivity contribution in [3.63, 3.8) is 0 Å². The van der Waals surface area contributed by atoms with Gasteiger partial charge in [-0.25, -0.2) is 0 Å². The number of halogens is 2. The Morgan fingerprint density at radius 1 is 1.38 bits per heavy atom. The first-order chi connectivity index (χ1) is 10.1. The van der Waals surface area contributed by atoms with Crippen molar-refractivity contribution in [2.24, 2.45) is 0 Å². The molecule has 0 spiro atoms. The fraction of sp³-hybridized carbons (Fsp3) is 0.200. The maximum Gasteiger partial charge on any atom is 0.126 e. The first kappa shape index (κ1) is 14.9. The zero-order valence-corrected chi connectivity index (χ0v) is 14.2. The van der Waals surface area contributed by atoms with Gasteiger partial charge in [-0.2, -0.15) is 0 Å². The normalized spacial score (nSPS) is 14.6. The lowest BCUT2D eigenvalue weighted by Crippen LogP contribution is -2.03. The number of fused-ring (bicyclic) bond motifs is 1. The van der Waals surface area contributed by atoms with E-state index in [1.165, 1.54) is 0 Å². The van der Waals surface area contributed by atoms with Crippen molar-refractivity contribution < 1.29 is 8.95 Å². The first-order valence-electron chi connectivity index (χ1n) is 6.42. The number of ether oxygens (including phenoxy) is 1. The topological polar surface area (TPSA) is 52.3 Å². The lowest BCUT2D eigenvalue weighted by atomic mass is 10.1. The molecule has 0 radical (unpaired) electrons. The second kappa shape index (κ2) is 5.99. The predicted octanol–water partition coefficient (Wildman–Crippen LogP) is 3.93. The summed E-state index contributed by atoms with van der Waals surface area (Å²) in [7, 11) is -1.32. The van der Waals surface area contributed by atoms with E-state index in [0.717, 1.165) is 27.8 Å². The van der Waals surface area contributed by atoms with Gasteiger partial charge in [0.2, 0.25) is 0 Å². The number of benzene rings is 2. The Morgan fingerprint density at radius 3 is 2.95 bits per heavy atom. The van der Waals surface area contributed by atoms with Crippen LogP contribution in [-0.4, -0.2) is 10.8 Å². The van der Waals surface area contributed by atoms with E-state index in [2.05, 4.69) is 15.9 Å². The molecule has 1 heterocycles. The van der Waals surface area contributed by atoms with Gasteiger partial charge in [-0.05, 0) is 29.8 Å². The van der Waals surface area contributed by atoms with E-state index in [1.54, 1.807) is 18.2 Å². The third-order valence-electron chi connectivity index (χ3n) is 3.34. The molecule has 0 aromatic heterocycles. The van der Waals surface area contributed by atoms with E-state index in [-0.39, 0.29) is 0 Å². The molecule has 2 N–H and O–H groups in total. The van der Waals surface area contributed by atoms with Crippen molar-refractivity contribution in [2.45, 2.75) is 17.1 Å². The highest BCUT2D eigenvalue weighted by atomic mass is 79.9. The summed E-state index contributed by atoms with van der Waals surface area (Å²) in [6.45, 7) is 0.666. The molecule has 6 heteroatoms. The quantitative estimate of drug-likeness (QED) is 0.813. The lowest BCUT2D eigenvalue weighted by molar-refractivity contribution is 0.354. The standard InChI is InChI=1S/C15H13BrClNO2S/c16-11-6-9-4-5-20-14(9)10(7-11)8-21(19)15-12(17)2-1-3-13(15)18/h1-3,6-7H,4-5,8,18H2. The number of nitrogens with two attached hydrogens (primary N) is 1. The van der Waals surface area contributed by atoms with Crippen LogP contribution in [0.25, 0.3) is 0 Å². The van der Waals surface area contributed by atoms with E-state index >= 15 is 0 Å². The third-order valence-corrected chi connectivity index (χ3v) is 5.71. The van der Waals surface area contributed by atoms with Crippen molar-refractivity contribution >= 4 is 44.0 Å². The van der Waals surface area contributed by atoms with Crippen molar-refractivity contribution in [1.29, 1.82) is 0 Å². The Hall–Kier alpha value is -1.04. The number of hydrogen-bond acceptors (Lipinski definition) is 3. The fourth-order valence-corrected chi connectivity index (χ4v) is 4.68. The smallest absolute Gasteiger partial charge is 0.126 e. The van der Waals surface area contributed by atoms with Crippen LogP contribution in [0, 0.1) is 0 Å². The average molecular weight is 387 g/mol. The molecule has 1 aliphatic rings. The monoisotopic (exact) mass is 385 g/mol. The van der Waals surface area contributed by atoms with Crippen LogP contribution in [0.15, 0.2) is 39.7 Å². The highest BCUT2D eigenvalue weighted by Crippen LogP contribution is 2.35. The Balaban J connectivity index is 1.96. The summed E-state index contributed by atoms with van der Waals surface area (Å²) in [5.74, 6) is 1.17. The molecule has 2 aromatic rings. The minimum Gasteiger partial charge on any atom is -0.493 e. The summed E-state index contributed by atoms with van der Waals surface area (Å²) in [6.07, 6.45) is 0.878. The van der Waals surface area contributed by atoms with Crippen molar-refractivity contribution in [2.75, 3.05) is 12.3 Å². The maximum absolute atomic E-state index is 12.6. The Bertz CT molecular complexity index is 716. The molecule has 2 aromatic carbocycles. The lowest BCUT2D eigenvalue weighted by Gasteiger charge is -2.11. The molecule has 3 nitrogen and oxygen atoms in total. The van der Waals surface area contributed by atoms with Crippen LogP contribution in [0.3, 0.4) is 0 Å². The molecule has 0 amide bonds. The molecule has 0 bridgehead atoms. The van der Waals surface area contributed by atoms with E-state index in [0.29, 0.717) is 28.0 Å². The van der Waals surface area contributed by atoms with Crippen LogP contribution in [0.1, 0.15) is 11.1 Å². The van der Waals surface area contributed by atoms with Gasteiger partial charge < -0.3 is 10.5 Å². The first-order valence-corrected chi connectivity index (χ1v) is 8.91. The van der Waals surface area contributed by atoms with E-state index in [9.17, 15) is 4.21 Å². The van der Waals surface area contributed by atoms with Crippen LogP contribution in [0.5, 0.6) is 5.75 Å². The summed E-state index contributed by atoms with van der Waals surface area (Å²) in [5.41, 5.74) is 8.41. The van der Waals surface area contributed by atoms with Crippen molar-refractivity contribution in [1.82, 2.24) is 0 Å². The highest BCUT2D eigenvalue weighted by Gasteiger charge is 2.21. The van der Waals surface area contributed by atoms with Crippen LogP contribution < -0.4 is 10.5 Å². The van der Waals surface area contributed by atoms with E-state index < -0.39 is 10.8 Å². The summed E-state index contributed by atoms with van der Waals surface area (Å²) in [6, 6.07) is 9.14. The fourth-order valence-electron chi connectivity index (χ4n) is 2.43. The summed E-state index contributed by atoms with van der Waals surface area (Å²) >= 11 is 9.61. The average Bonchev–Trinajstić information content (AvgIpc) is 2.86. The van der Waals surface area contributed by atoms with Crippen LogP contribution in [0.4, 0.5) is 5.69 Å². The highest BCUT2D eigenvalue weighted by molar-refractivity contribution is 9.10. The van der Waals surface area contributed by atoms with Gasteiger partial charge in [0.15, 0.2) is 0 Å². The van der Waals surface area contributed by atoms with Gasteiger partial charge in [-0.3, -0.25) is 4.21 Å². The Labute approximate surface area is 139 Å². The minimum atomic E-state index is -1.32. The molecular formula is C15H13BrClNO2S. The molecule has 1 atom stereocenters. The Kier molecular flexibility index (Phi) is 4.24. The molecule has 110 valence electrons. The number of hydrogen-bond donors (Lipinski definition) is 1. The van der Waals surface area contributed by atoms with Crippen molar-refractivity contribution in [3.05, 3.63) is 51.0 Å². The van der Waals surface area contributed by atoms with Gasteiger partial charge in [0.05, 0.1) is 33.1 Å². The van der Waals surface area contributed by atoms with Crippen LogP contribution in [0.2, 0.25) is 5.02 Å². The molecule has 0 saturated carbocycles. The van der Waals surface area contributed by atoms with Crippen molar-refractivity contribution in [3.8, 4) is 5.75 Å². The molecule has 21 heavy (non-hydrogen) atoms. The van der Waals surface area contributed by atoms with Gasteiger partial charge in [-0.1, -0.05) is 33.6 Å². The van der Waals surface area contributed by atoms with E-state index in [1.807, 2.05) is 12.1 Å². The zero-order chi connectivity index (χ0) is 15.0. The summed E-state index contributed by atoms with van der Waals surface area (Å²) in [5, 5.41) is 0.431. The number of anilines is 1. The van der Waals surface area contributed by atoms with Crippen LogP contribution in [-0.2, 0) is 23.0 Å². The maximum atomic E-state index is 12.6. The largest absolute Gasteiger partial charge is 0.493 e. The molecule has 0 saturated heterocycles. The van der Waals surface area contributed by atoms with Gasteiger partial charge in [0.25, 0.3) is 0 Å². The Morgan fingerprint density at radius 2 is 2.19 bits per heavy atom.